The third-order valence-corrected chi connectivity index (χ3v) is 9.91. The van der Waals surface area contributed by atoms with E-state index in [1.807, 2.05) is 0 Å². The zero-order chi connectivity index (χ0) is 35.0. The first-order valence-corrected chi connectivity index (χ1v) is 16.6. The molecule has 1 fully saturated rings. The number of nitrogens with two attached hydrogens (primary N) is 1. The zero-order valence-corrected chi connectivity index (χ0v) is 27.1. The van der Waals surface area contributed by atoms with Gasteiger partial charge < -0.3 is 31.1 Å². The number of carbonyl (C=O) groups excluding carboxylic acids is 3. The summed E-state index contributed by atoms with van der Waals surface area (Å²) in [5.41, 5.74) is 6.10. The molecule has 3 amide bonds. The number of nitrogens with zero attached hydrogens (tertiary/aromatic N) is 8. The second-order valence-corrected chi connectivity index (χ2v) is 13.0. The number of oxime groups is 1. The largest absolute Gasteiger partial charge is 0.502 e. The van der Waals surface area contributed by atoms with E-state index < -0.39 is 53.0 Å². The highest BCUT2D eigenvalue weighted by atomic mass is 32.2. The fourth-order valence-electron chi connectivity index (χ4n) is 4.64. The van der Waals surface area contributed by atoms with Crippen LogP contribution in [-0.2, 0) is 25.8 Å². The number of aromatic amines is 1. The molecule has 6 rings (SSSR count). The molecule has 0 bridgehead atoms. The van der Waals surface area contributed by atoms with Gasteiger partial charge in [-0.05, 0) is 12.5 Å². The number of thioether (sulfide) groups is 2. The number of anilines is 1. The summed E-state index contributed by atoms with van der Waals surface area (Å²) in [4.78, 5) is 87.5. The van der Waals surface area contributed by atoms with Crippen LogP contribution in [0.5, 0.6) is 5.75 Å². The van der Waals surface area contributed by atoms with E-state index in [4.69, 9.17) is 15.8 Å². The summed E-state index contributed by atoms with van der Waals surface area (Å²) in [5, 5.41) is 40.4. The number of aliphatic carboxylic acids is 1. The third-order valence-electron chi connectivity index (χ3n) is 6.82. The van der Waals surface area contributed by atoms with Gasteiger partial charge in [-0.25, -0.2) is 25.2 Å². The summed E-state index contributed by atoms with van der Waals surface area (Å²) in [5.74, 6) is -3.70. The number of H-pyrrole nitrogens is 1. The van der Waals surface area contributed by atoms with Crippen molar-refractivity contribution in [3.63, 3.8) is 0 Å². The third kappa shape index (κ3) is 6.60. The Labute approximate surface area is 284 Å². The second kappa shape index (κ2) is 13.5. The van der Waals surface area contributed by atoms with Gasteiger partial charge in [-0.15, -0.1) is 40.0 Å². The predicted octanol–water partition coefficient (Wildman–Crippen LogP) is -1.17. The van der Waals surface area contributed by atoms with Crippen LogP contribution in [-0.4, -0.2) is 107 Å². The average molecular weight is 731 g/mol. The number of fused-ring (bicyclic) bond motifs is 2. The maximum atomic E-state index is 13.4. The number of hydrogen-bond acceptors (Lipinski definition) is 18. The van der Waals surface area contributed by atoms with Crippen LogP contribution in [0.25, 0.3) is 5.78 Å². The molecule has 4 aromatic heterocycles. The van der Waals surface area contributed by atoms with Crippen molar-refractivity contribution >= 4 is 75.2 Å². The molecule has 0 spiro atoms. The van der Waals surface area contributed by atoms with Crippen LogP contribution in [0.3, 0.4) is 0 Å². The summed E-state index contributed by atoms with van der Waals surface area (Å²) in [6.07, 6.45) is 0.917. The number of nitrogens with one attached hydrogen (secondary N) is 3. The first kappa shape index (κ1) is 33.3. The lowest BCUT2D eigenvalue weighted by molar-refractivity contribution is -0.150. The number of carboxylic acid groups (broad SMARTS) is 1. The van der Waals surface area contributed by atoms with E-state index >= 15 is 0 Å². The maximum absolute atomic E-state index is 13.4. The molecule has 254 valence electrons. The quantitative estimate of drug-likeness (QED) is 0.0239. The normalized spacial score (nSPS) is 17.5. The van der Waals surface area contributed by atoms with Gasteiger partial charge in [0.05, 0.1) is 6.20 Å². The first-order valence-electron chi connectivity index (χ1n) is 13.7. The standard InChI is InChI=1S/C25H22N12O9S3/c1-8-28-25-30-10(18(39)34-45)2-14(37(25)33-8)47-5-9-6-48-22-16(21(42)36(22)17(9)23(43)44)32-20(41)15(11-7-49-24(26)29-11)35-46-4-13-27-3-12(38)19(40)31-13/h2-3,7,16,22,38,45H,4-6H2,1H3,(H2,26,29)(H,32,41)(H,34,39)(H,43,44)(H,27,31,40)/t16-,22-/m1/s1. The number of rotatable bonds is 11. The smallest absolute Gasteiger partial charge is 0.352 e. The van der Waals surface area contributed by atoms with Gasteiger partial charge in [0.15, 0.2) is 23.2 Å². The van der Waals surface area contributed by atoms with E-state index in [9.17, 15) is 34.2 Å². The number of hydrogen-bond donors (Lipinski definition) is 7. The highest BCUT2D eigenvalue weighted by molar-refractivity contribution is 8.01. The lowest BCUT2D eigenvalue weighted by atomic mass is 10.0. The second-order valence-electron chi connectivity index (χ2n) is 10.0. The lowest BCUT2D eigenvalue weighted by Gasteiger charge is -2.49. The van der Waals surface area contributed by atoms with E-state index in [-0.39, 0.29) is 51.0 Å². The van der Waals surface area contributed by atoms with E-state index in [1.165, 1.54) is 33.2 Å². The number of amides is 3. The average Bonchev–Trinajstić information content (AvgIpc) is 3.68. The zero-order valence-electron chi connectivity index (χ0n) is 24.7. The van der Waals surface area contributed by atoms with Gasteiger partial charge in [0.2, 0.25) is 0 Å². The molecule has 4 aromatic rings. The molecule has 0 radical (unpaired) electrons. The Morgan fingerprint density at radius 1 is 1.24 bits per heavy atom. The summed E-state index contributed by atoms with van der Waals surface area (Å²) >= 11 is 3.36. The van der Waals surface area contributed by atoms with Crippen LogP contribution in [0.4, 0.5) is 5.13 Å². The Balaban J connectivity index is 1.19. The monoisotopic (exact) mass is 730 g/mol. The molecular formula is C25H22N12O9S3. The predicted molar refractivity (Wildman–Crippen MR) is 170 cm³/mol. The van der Waals surface area contributed by atoms with Crippen LogP contribution in [0, 0.1) is 6.92 Å². The molecule has 0 aliphatic carbocycles. The van der Waals surface area contributed by atoms with Crippen LogP contribution in [0.2, 0.25) is 0 Å². The lowest BCUT2D eigenvalue weighted by Crippen LogP contribution is -2.71. The van der Waals surface area contributed by atoms with Crippen LogP contribution in [0.15, 0.2) is 43.9 Å². The number of aromatic hydroxyl groups is 1. The molecule has 6 heterocycles. The fraction of sp³-hybridized carbons (Fsp3) is 0.240. The van der Waals surface area contributed by atoms with Crippen molar-refractivity contribution in [1.82, 2.24) is 50.2 Å². The summed E-state index contributed by atoms with van der Waals surface area (Å²) < 4.78 is 1.37. The molecule has 8 N–H and O–H groups in total. The number of nitrogen functional groups attached to an aromatic ring is 1. The van der Waals surface area contributed by atoms with Crippen molar-refractivity contribution < 1.29 is 39.4 Å². The SMILES string of the molecule is Cc1nc2nc(C(=O)NO)cc(SCC3=C(C(=O)O)N4C(=O)[C@@H](NC(=O)C(=NOCc5ncc(O)c(=O)[nH]5)c5csc(N)n5)[C@H]4SC3)n2n1. The molecule has 2 atom stereocenters. The Morgan fingerprint density at radius 3 is 2.73 bits per heavy atom. The number of hydroxylamine groups is 1. The number of thiazole rings is 1. The molecule has 49 heavy (non-hydrogen) atoms. The van der Waals surface area contributed by atoms with Gasteiger partial charge in [0.1, 0.15) is 45.2 Å². The molecule has 0 aromatic carbocycles. The van der Waals surface area contributed by atoms with Gasteiger partial charge in [0, 0.05) is 23.0 Å². The molecule has 2 aliphatic heterocycles. The van der Waals surface area contributed by atoms with E-state index in [0.29, 0.717) is 16.4 Å². The molecule has 24 heteroatoms. The fourth-order valence-corrected chi connectivity index (χ4v) is 7.66. The summed E-state index contributed by atoms with van der Waals surface area (Å²) in [6, 6.07) is 0.228. The minimum atomic E-state index is -1.36. The number of carbonyl (C=O) groups is 4. The van der Waals surface area contributed by atoms with Crippen molar-refractivity contribution in [3.05, 3.63) is 62.3 Å². The minimum Gasteiger partial charge on any atom is -0.502 e. The summed E-state index contributed by atoms with van der Waals surface area (Å²) in [7, 11) is 0. The molecule has 2 aliphatic rings. The van der Waals surface area contributed by atoms with E-state index in [1.54, 1.807) is 6.92 Å². The first-order chi connectivity index (χ1) is 23.4. The van der Waals surface area contributed by atoms with Crippen molar-refractivity contribution in [2.45, 2.75) is 30.0 Å². The van der Waals surface area contributed by atoms with Gasteiger partial charge >= 0.3 is 5.97 Å². The van der Waals surface area contributed by atoms with E-state index in [0.717, 1.165) is 34.2 Å². The number of aryl methyl sites for hydroxylation is 1. The van der Waals surface area contributed by atoms with Gasteiger partial charge in [0.25, 0.3) is 29.1 Å². The Hall–Kier alpha value is -5.59. The minimum absolute atomic E-state index is 0.00433. The highest BCUT2D eigenvalue weighted by Gasteiger charge is 2.54. The van der Waals surface area contributed by atoms with E-state index in [2.05, 4.69) is 40.5 Å². The molecule has 21 nitrogen and oxygen atoms in total. The molecular weight excluding hydrogens is 709 g/mol. The summed E-state index contributed by atoms with van der Waals surface area (Å²) in [6.45, 7) is 1.22. The van der Waals surface area contributed by atoms with Gasteiger partial charge in [-0.1, -0.05) is 5.16 Å². The van der Waals surface area contributed by atoms with Crippen molar-refractivity contribution in [2.75, 3.05) is 17.2 Å². The van der Waals surface area contributed by atoms with Crippen LogP contribution >= 0.6 is 34.9 Å². The van der Waals surface area contributed by atoms with Crippen LogP contribution < -0.4 is 22.1 Å². The Kier molecular flexibility index (Phi) is 9.18. The number of aromatic nitrogens is 7. The Morgan fingerprint density at radius 2 is 2.04 bits per heavy atom. The highest BCUT2D eigenvalue weighted by Crippen LogP contribution is 2.41. The molecule has 1 saturated heterocycles. The van der Waals surface area contributed by atoms with Crippen molar-refractivity contribution in [2.24, 2.45) is 5.16 Å². The van der Waals surface area contributed by atoms with Gasteiger partial charge in [-0.3, -0.25) is 29.3 Å². The number of β-lactam (4-membered cyclic amide) rings is 1. The molecule has 0 unspecified atom stereocenters. The van der Waals surface area contributed by atoms with Crippen LogP contribution in [0.1, 0.15) is 27.8 Å². The van der Waals surface area contributed by atoms with Crippen molar-refractivity contribution in [1.29, 1.82) is 0 Å². The number of carboxylic acids is 1. The maximum Gasteiger partial charge on any atom is 0.352 e. The van der Waals surface area contributed by atoms with Gasteiger partial charge in [-0.2, -0.15) is 9.50 Å². The molecule has 0 saturated carbocycles. The topological polar surface area (TPSA) is 306 Å². The van der Waals surface area contributed by atoms with Crippen molar-refractivity contribution in [3.8, 4) is 5.75 Å². The Bertz CT molecular complexity index is 2150.